The fourth-order valence-electron chi connectivity index (χ4n) is 7.56. The molecule has 0 amide bonds. The number of aliphatic hydroxyl groups is 1. The van der Waals surface area contributed by atoms with Gasteiger partial charge in [0.15, 0.2) is 22.9 Å². The SMILES string of the molecule is O=c1c2ccccc2n(-c2ccc(-c3nc(-c4ccccc4)nc(-c4ccc(N5c6ccccc6C(O)c6ccccc65)cc4)n3)cc2)c2ccccc12. The normalized spacial score (nSPS) is 12.5. The maximum Gasteiger partial charge on any atom is 0.197 e. The second-order valence-electron chi connectivity index (χ2n) is 13.3. The van der Waals surface area contributed by atoms with Crippen molar-refractivity contribution in [2.45, 2.75) is 6.10 Å². The fraction of sp³-hybridized carbons (Fsp3) is 0.0213. The predicted molar refractivity (Wildman–Crippen MR) is 215 cm³/mol. The lowest BCUT2D eigenvalue weighted by molar-refractivity contribution is 0.219. The summed E-state index contributed by atoms with van der Waals surface area (Å²) < 4.78 is 2.13. The minimum absolute atomic E-state index is 0.0256. The summed E-state index contributed by atoms with van der Waals surface area (Å²) in [6, 6.07) is 57.7. The smallest absolute Gasteiger partial charge is 0.197 e. The number of hydrogen-bond donors (Lipinski definition) is 1. The third kappa shape index (κ3) is 5.18. The van der Waals surface area contributed by atoms with Crippen LogP contribution in [0, 0.1) is 0 Å². The summed E-state index contributed by atoms with van der Waals surface area (Å²) in [5, 5.41) is 12.6. The van der Waals surface area contributed by atoms with Crippen molar-refractivity contribution in [3.8, 4) is 39.9 Å². The van der Waals surface area contributed by atoms with E-state index in [0.717, 1.165) is 61.6 Å². The van der Waals surface area contributed by atoms with Crippen molar-refractivity contribution in [1.82, 2.24) is 19.5 Å². The zero-order chi connectivity index (χ0) is 36.2. The molecule has 7 aromatic carbocycles. The van der Waals surface area contributed by atoms with Crippen LogP contribution < -0.4 is 10.3 Å². The summed E-state index contributed by atoms with van der Waals surface area (Å²) in [5.41, 5.74) is 9.79. The van der Waals surface area contributed by atoms with Gasteiger partial charge in [-0.15, -0.1) is 0 Å². The number of aliphatic hydroxyl groups excluding tert-OH is 1. The molecule has 0 bridgehead atoms. The van der Waals surface area contributed by atoms with E-state index in [2.05, 4.69) is 21.6 Å². The Balaban J connectivity index is 1.06. The van der Waals surface area contributed by atoms with Gasteiger partial charge in [-0.3, -0.25) is 4.79 Å². The van der Waals surface area contributed by atoms with E-state index in [4.69, 9.17) is 15.0 Å². The molecule has 0 saturated heterocycles. The van der Waals surface area contributed by atoms with Crippen LogP contribution in [0.3, 0.4) is 0 Å². The number of hydrogen-bond acceptors (Lipinski definition) is 6. The van der Waals surface area contributed by atoms with Crippen LogP contribution in [0.1, 0.15) is 17.2 Å². The minimum atomic E-state index is -0.697. The number of pyridine rings is 1. The molecule has 0 radical (unpaired) electrons. The topological polar surface area (TPSA) is 84.1 Å². The predicted octanol–water partition coefficient (Wildman–Crippen LogP) is 10.2. The molecule has 7 heteroatoms. The zero-order valence-corrected chi connectivity index (χ0v) is 28.9. The number of anilines is 3. The summed E-state index contributed by atoms with van der Waals surface area (Å²) in [4.78, 5) is 30.5. The van der Waals surface area contributed by atoms with Gasteiger partial charge in [0, 0.05) is 50.0 Å². The highest BCUT2D eigenvalue weighted by atomic mass is 16.3. The minimum Gasteiger partial charge on any atom is -0.383 e. The lowest BCUT2D eigenvalue weighted by atomic mass is 9.92. The first-order valence-electron chi connectivity index (χ1n) is 17.8. The molecule has 0 fully saturated rings. The monoisotopic (exact) mass is 697 g/mol. The molecule has 3 heterocycles. The molecule has 7 nitrogen and oxygen atoms in total. The first kappa shape index (κ1) is 31.5. The summed E-state index contributed by atoms with van der Waals surface area (Å²) in [6.45, 7) is 0. The van der Waals surface area contributed by atoms with Crippen LogP contribution in [0.5, 0.6) is 0 Å². The Labute approximate surface area is 310 Å². The average Bonchev–Trinajstić information content (AvgIpc) is 3.24. The van der Waals surface area contributed by atoms with Crippen LogP contribution in [0.25, 0.3) is 61.7 Å². The summed E-state index contributed by atoms with van der Waals surface area (Å²) in [6.07, 6.45) is -0.697. The lowest BCUT2D eigenvalue weighted by Crippen LogP contribution is -2.21. The van der Waals surface area contributed by atoms with Gasteiger partial charge in [0.25, 0.3) is 0 Å². The number of para-hydroxylation sites is 4. The van der Waals surface area contributed by atoms with E-state index in [9.17, 15) is 9.90 Å². The Hall–Kier alpha value is -7.22. The molecule has 0 atom stereocenters. The molecule has 0 aliphatic carbocycles. The largest absolute Gasteiger partial charge is 0.383 e. The van der Waals surface area contributed by atoms with Crippen LogP contribution in [0.2, 0.25) is 0 Å². The van der Waals surface area contributed by atoms with E-state index >= 15 is 0 Å². The highest BCUT2D eigenvalue weighted by Gasteiger charge is 2.29. The van der Waals surface area contributed by atoms with Crippen LogP contribution in [0.4, 0.5) is 17.1 Å². The van der Waals surface area contributed by atoms with Crippen molar-refractivity contribution in [2.75, 3.05) is 4.90 Å². The Morgan fingerprint density at radius 1 is 0.426 bits per heavy atom. The standard InChI is InChI=1S/C47H31N5O2/c53-43-35-14-4-8-18-39(35)51(40-19-9-5-15-36(40)43)33-26-22-31(23-27-33)46-48-45(30-12-2-1-3-13-30)49-47(50-46)32-24-28-34(29-25-32)52-41-20-10-6-16-37(41)44(54)38-17-7-11-21-42(38)52/h1-29,43,53H. The maximum atomic E-state index is 13.4. The molecule has 1 aliphatic heterocycles. The highest BCUT2D eigenvalue weighted by Crippen LogP contribution is 2.48. The second-order valence-corrected chi connectivity index (χ2v) is 13.3. The van der Waals surface area contributed by atoms with Gasteiger partial charge < -0.3 is 14.6 Å². The number of aromatic nitrogens is 4. The molecule has 0 spiro atoms. The lowest BCUT2D eigenvalue weighted by Gasteiger charge is -2.35. The van der Waals surface area contributed by atoms with Crippen LogP contribution in [0.15, 0.2) is 181 Å². The quantitative estimate of drug-likeness (QED) is 0.180. The number of nitrogens with zero attached hydrogens (tertiary/aromatic N) is 5. The van der Waals surface area contributed by atoms with Gasteiger partial charge in [-0.05, 0) is 84.9 Å². The van der Waals surface area contributed by atoms with E-state index in [1.54, 1.807) is 0 Å². The van der Waals surface area contributed by atoms with Crippen molar-refractivity contribution < 1.29 is 5.11 Å². The molecular weight excluding hydrogens is 667 g/mol. The third-order valence-electron chi connectivity index (χ3n) is 10.2. The molecule has 256 valence electrons. The van der Waals surface area contributed by atoms with Gasteiger partial charge in [-0.2, -0.15) is 0 Å². The second kappa shape index (κ2) is 12.8. The molecule has 0 saturated carbocycles. The van der Waals surface area contributed by atoms with Crippen molar-refractivity contribution in [2.24, 2.45) is 0 Å². The maximum absolute atomic E-state index is 13.4. The fourth-order valence-corrected chi connectivity index (χ4v) is 7.56. The van der Waals surface area contributed by atoms with E-state index < -0.39 is 6.10 Å². The third-order valence-corrected chi connectivity index (χ3v) is 10.2. The molecule has 2 aromatic heterocycles. The summed E-state index contributed by atoms with van der Waals surface area (Å²) in [7, 11) is 0. The van der Waals surface area contributed by atoms with Gasteiger partial charge in [0.2, 0.25) is 0 Å². The summed E-state index contributed by atoms with van der Waals surface area (Å²) in [5.74, 6) is 1.69. The average molecular weight is 698 g/mol. The van der Waals surface area contributed by atoms with Crippen LogP contribution >= 0.6 is 0 Å². The Kier molecular flexibility index (Phi) is 7.45. The van der Waals surface area contributed by atoms with E-state index in [0.29, 0.717) is 28.2 Å². The van der Waals surface area contributed by atoms with Crippen molar-refractivity contribution in [3.63, 3.8) is 0 Å². The van der Waals surface area contributed by atoms with Gasteiger partial charge >= 0.3 is 0 Å². The van der Waals surface area contributed by atoms with Gasteiger partial charge in [0.1, 0.15) is 6.10 Å². The van der Waals surface area contributed by atoms with Crippen molar-refractivity contribution in [1.29, 1.82) is 0 Å². The van der Waals surface area contributed by atoms with Gasteiger partial charge in [0.05, 0.1) is 22.4 Å². The first-order chi connectivity index (χ1) is 26.6. The molecular formula is C47H31N5O2. The van der Waals surface area contributed by atoms with Gasteiger partial charge in [-0.25, -0.2) is 15.0 Å². The molecule has 1 N–H and O–H groups in total. The molecule has 1 aliphatic rings. The van der Waals surface area contributed by atoms with E-state index in [1.807, 2.05) is 164 Å². The number of rotatable bonds is 5. The molecule has 54 heavy (non-hydrogen) atoms. The van der Waals surface area contributed by atoms with Gasteiger partial charge in [-0.1, -0.05) is 91.0 Å². The van der Waals surface area contributed by atoms with E-state index in [-0.39, 0.29) is 5.43 Å². The van der Waals surface area contributed by atoms with Crippen molar-refractivity contribution in [3.05, 3.63) is 197 Å². The van der Waals surface area contributed by atoms with Crippen LogP contribution in [-0.4, -0.2) is 24.6 Å². The number of fused-ring (bicyclic) bond motifs is 4. The first-order valence-corrected chi connectivity index (χ1v) is 17.8. The molecule has 10 rings (SSSR count). The zero-order valence-electron chi connectivity index (χ0n) is 28.9. The number of benzene rings is 7. The Bertz CT molecular complexity index is 2820. The highest BCUT2D eigenvalue weighted by molar-refractivity contribution is 5.95. The summed E-state index contributed by atoms with van der Waals surface area (Å²) >= 11 is 0. The van der Waals surface area contributed by atoms with E-state index in [1.165, 1.54) is 0 Å². The van der Waals surface area contributed by atoms with Crippen molar-refractivity contribution >= 4 is 38.9 Å². The van der Waals surface area contributed by atoms with Crippen LogP contribution in [-0.2, 0) is 0 Å². The Morgan fingerprint density at radius 2 is 0.833 bits per heavy atom. The molecule has 9 aromatic rings. The molecule has 0 unspecified atom stereocenters. The Morgan fingerprint density at radius 3 is 1.35 bits per heavy atom.